The maximum Gasteiger partial charge on any atom is 0.341 e. The lowest BCUT2D eigenvalue weighted by molar-refractivity contribution is -0.384. The molecule has 1 heterocycles. The normalized spacial score (nSPS) is 11.8. The first-order chi connectivity index (χ1) is 13.3. The van der Waals surface area contributed by atoms with Crippen molar-refractivity contribution < 1.29 is 19.2 Å². The minimum atomic E-state index is -1.05. The number of non-ortho nitro benzene ring substituents is 1. The van der Waals surface area contributed by atoms with E-state index in [0.29, 0.717) is 11.3 Å². The molecular weight excluding hydrogens is 362 g/mol. The van der Waals surface area contributed by atoms with Crippen molar-refractivity contribution in [3.05, 3.63) is 69.9 Å². The highest BCUT2D eigenvalue weighted by molar-refractivity contribution is 6.10. The fourth-order valence-corrected chi connectivity index (χ4v) is 2.96. The largest absolute Gasteiger partial charge is 0.451 e. The third kappa shape index (κ3) is 3.57. The number of H-pyrrole nitrogens is 1. The van der Waals surface area contributed by atoms with Crippen LogP contribution in [0, 0.1) is 10.1 Å². The quantitative estimate of drug-likeness (QED) is 0.303. The van der Waals surface area contributed by atoms with Crippen molar-refractivity contribution in [1.82, 2.24) is 4.98 Å². The Balaban J connectivity index is 1.87. The number of hydrogen-bond donors (Lipinski definition) is 1. The number of aromatic amines is 1. The Morgan fingerprint density at radius 2 is 1.86 bits per heavy atom. The van der Waals surface area contributed by atoms with Crippen molar-refractivity contribution in [2.75, 3.05) is 19.0 Å². The molecule has 8 nitrogen and oxygen atoms in total. The van der Waals surface area contributed by atoms with E-state index in [4.69, 9.17) is 4.74 Å². The van der Waals surface area contributed by atoms with Crippen molar-refractivity contribution in [2.45, 2.75) is 13.0 Å². The van der Waals surface area contributed by atoms with Gasteiger partial charge in [0.1, 0.15) is 0 Å². The number of nitro benzene ring substituents is 1. The van der Waals surface area contributed by atoms with Gasteiger partial charge in [0.15, 0.2) is 6.10 Å². The van der Waals surface area contributed by atoms with E-state index >= 15 is 0 Å². The number of esters is 1. The number of Topliss-reactive ketones (excluding diaryl/α,β-unsaturated/α-hetero) is 1. The minimum Gasteiger partial charge on any atom is -0.451 e. The van der Waals surface area contributed by atoms with Gasteiger partial charge in [-0.2, -0.15) is 0 Å². The van der Waals surface area contributed by atoms with Gasteiger partial charge in [0.25, 0.3) is 5.69 Å². The Bertz CT molecular complexity index is 1070. The molecular formula is C20H19N3O5. The number of para-hydroxylation sites is 1. The second-order valence-electron chi connectivity index (χ2n) is 6.51. The standard InChI is InChI=1S/C20H19N3O5/c1-12(19(24)16-11-21-17-7-5-4-6-14(16)17)28-20(25)15-10-13(23(26)27)8-9-18(15)22(2)3/h4-12,21H,1-3H3/t12-/m0/s1. The predicted molar refractivity (Wildman–Crippen MR) is 105 cm³/mol. The number of hydrogen-bond acceptors (Lipinski definition) is 6. The van der Waals surface area contributed by atoms with Gasteiger partial charge < -0.3 is 14.6 Å². The van der Waals surface area contributed by atoms with Gasteiger partial charge in [-0.15, -0.1) is 0 Å². The van der Waals surface area contributed by atoms with E-state index in [1.165, 1.54) is 19.1 Å². The Morgan fingerprint density at radius 3 is 2.54 bits per heavy atom. The maximum atomic E-state index is 12.8. The molecule has 1 aromatic heterocycles. The van der Waals surface area contributed by atoms with E-state index < -0.39 is 17.0 Å². The predicted octanol–water partition coefficient (Wildman–Crippen LogP) is 3.57. The first kappa shape index (κ1) is 19.1. The molecule has 1 N–H and O–H groups in total. The summed E-state index contributed by atoms with van der Waals surface area (Å²) in [5.41, 5.74) is 1.48. The monoisotopic (exact) mass is 381 g/mol. The summed E-state index contributed by atoms with van der Waals surface area (Å²) < 4.78 is 5.34. The van der Waals surface area contributed by atoms with Gasteiger partial charge in [0, 0.05) is 48.9 Å². The SMILES string of the molecule is C[C@H](OC(=O)c1cc([N+](=O)[O-])ccc1N(C)C)C(=O)c1c[nH]c2ccccc12. The van der Waals surface area contributed by atoms with E-state index in [0.717, 1.165) is 17.0 Å². The minimum absolute atomic E-state index is 0.0257. The van der Waals surface area contributed by atoms with Crippen LogP contribution in [0.25, 0.3) is 10.9 Å². The number of anilines is 1. The topological polar surface area (TPSA) is 106 Å². The summed E-state index contributed by atoms with van der Waals surface area (Å²) in [5.74, 6) is -1.16. The first-order valence-electron chi connectivity index (χ1n) is 8.56. The average Bonchev–Trinajstić information content (AvgIpc) is 3.10. The van der Waals surface area contributed by atoms with Gasteiger partial charge in [-0.1, -0.05) is 18.2 Å². The third-order valence-electron chi connectivity index (χ3n) is 4.40. The van der Waals surface area contributed by atoms with Crippen LogP contribution < -0.4 is 4.90 Å². The maximum absolute atomic E-state index is 12.8. The van der Waals surface area contributed by atoms with Crippen LogP contribution in [-0.2, 0) is 4.74 Å². The molecule has 3 rings (SSSR count). The second-order valence-corrected chi connectivity index (χ2v) is 6.51. The molecule has 0 fully saturated rings. The Labute approximate surface area is 160 Å². The van der Waals surface area contributed by atoms with Gasteiger partial charge >= 0.3 is 5.97 Å². The molecule has 0 amide bonds. The fraction of sp³-hybridized carbons (Fsp3) is 0.200. The number of carbonyl (C=O) groups is 2. The van der Waals surface area contributed by atoms with E-state index in [-0.39, 0.29) is 17.0 Å². The van der Waals surface area contributed by atoms with Crippen LogP contribution in [0.2, 0.25) is 0 Å². The van der Waals surface area contributed by atoms with Gasteiger partial charge in [0.2, 0.25) is 5.78 Å². The molecule has 0 saturated carbocycles. The van der Waals surface area contributed by atoms with Crippen LogP contribution in [0.3, 0.4) is 0 Å². The molecule has 2 aromatic carbocycles. The number of aromatic nitrogens is 1. The van der Waals surface area contributed by atoms with Crippen molar-refractivity contribution >= 4 is 34.0 Å². The van der Waals surface area contributed by atoms with Crippen LogP contribution in [0.5, 0.6) is 0 Å². The molecule has 0 saturated heterocycles. The van der Waals surface area contributed by atoms with Crippen LogP contribution >= 0.6 is 0 Å². The second kappa shape index (κ2) is 7.51. The molecule has 0 unspecified atom stereocenters. The highest BCUT2D eigenvalue weighted by Crippen LogP contribution is 2.26. The van der Waals surface area contributed by atoms with E-state index in [2.05, 4.69) is 4.98 Å². The number of nitrogens with zero attached hydrogens (tertiary/aromatic N) is 2. The van der Waals surface area contributed by atoms with E-state index in [1.54, 1.807) is 31.3 Å². The summed E-state index contributed by atoms with van der Waals surface area (Å²) in [6.45, 7) is 1.48. The zero-order valence-corrected chi connectivity index (χ0v) is 15.6. The Morgan fingerprint density at radius 1 is 1.14 bits per heavy atom. The van der Waals surface area contributed by atoms with Crippen molar-refractivity contribution in [3.8, 4) is 0 Å². The van der Waals surface area contributed by atoms with Crippen LogP contribution in [0.1, 0.15) is 27.6 Å². The highest BCUT2D eigenvalue weighted by atomic mass is 16.6. The number of carbonyl (C=O) groups excluding carboxylic acids is 2. The molecule has 28 heavy (non-hydrogen) atoms. The number of nitrogens with one attached hydrogen (secondary N) is 1. The van der Waals surface area contributed by atoms with Crippen molar-refractivity contribution in [3.63, 3.8) is 0 Å². The molecule has 0 aliphatic rings. The average molecular weight is 381 g/mol. The number of ether oxygens (including phenoxy) is 1. The number of benzene rings is 2. The lowest BCUT2D eigenvalue weighted by Gasteiger charge is -2.18. The van der Waals surface area contributed by atoms with Crippen LogP contribution in [-0.4, -0.2) is 41.9 Å². The summed E-state index contributed by atoms with van der Waals surface area (Å²) in [6.07, 6.45) is 0.525. The van der Waals surface area contributed by atoms with Crippen molar-refractivity contribution in [1.29, 1.82) is 0 Å². The smallest absolute Gasteiger partial charge is 0.341 e. The molecule has 0 bridgehead atoms. The third-order valence-corrected chi connectivity index (χ3v) is 4.40. The molecule has 0 radical (unpaired) electrons. The highest BCUT2D eigenvalue weighted by Gasteiger charge is 2.25. The molecule has 1 atom stereocenters. The molecule has 144 valence electrons. The summed E-state index contributed by atoms with van der Waals surface area (Å²) in [5, 5.41) is 11.8. The van der Waals surface area contributed by atoms with E-state index in [1.807, 2.05) is 18.2 Å². The molecule has 0 aliphatic heterocycles. The Kier molecular flexibility index (Phi) is 5.12. The van der Waals surface area contributed by atoms with Crippen molar-refractivity contribution in [2.24, 2.45) is 0 Å². The van der Waals surface area contributed by atoms with Gasteiger partial charge in [0.05, 0.1) is 16.2 Å². The number of rotatable bonds is 6. The Hall–Kier alpha value is -3.68. The molecule has 3 aromatic rings. The fourth-order valence-electron chi connectivity index (χ4n) is 2.96. The number of nitro groups is 1. The van der Waals surface area contributed by atoms with Gasteiger partial charge in [-0.05, 0) is 19.1 Å². The first-order valence-corrected chi connectivity index (χ1v) is 8.56. The molecule has 0 spiro atoms. The number of fused-ring (bicyclic) bond motifs is 1. The summed E-state index contributed by atoms with van der Waals surface area (Å²) in [4.78, 5) is 40.5. The zero-order valence-electron chi connectivity index (χ0n) is 15.6. The lowest BCUT2D eigenvalue weighted by Crippen LogP contribution is -2.25. The summed E-state index contributed by atoms with van der Waals surface area (Å²) in [7, 11) is 3.41. The molecule has 0 aliphatic carbocycles. The lowest BCUT2D eigenvalue weighted by atomic mass is 10.1. The summed E-state index contributed by atoms with van der Waals surface area (Å²) in [6, 6.07) is 11.2. The zero-order chi connectivity index (χ0) is 20.4. The van der Waals surface area contributed by atoms with E-state index in [9.17, 15) is 19.7 Å². The number of ketones is 1. The van der Waals surface area contributed by atoms with Crippen LogP contribution in [0.15, 0.2) is 48.7 Å². The summed E-state index contributed by atoms with van der Waals surface area (Å²) >= 11 is 0. The van der Waals surface area contributed by atoms with Gasteiger partial charge in [-0.3, -0.25) is 14.9 Å². The van der Waals surface area contributed by atoms with Crippen LogP contribution in [0.4, 0.5) is 11.4 Å². The van der Waals surface area contributed by atoms with Gasteiger partial charge in [-0.25, -0.2) is 4.79 Å². The molecule has 8 heteroatoms.